The maximum atomic E-state index is 12.3. The quantitative estimate of drug-likeness (QED) is 0.837. The molecular formula is C14H17N3O3S. The number of hydrogen-bond donors (Lipinski definition) is 1. The highest BCUT2D eigenvalue weighted by Crippen LogP contribution is 2.29. The summed E-state index contributed by atoms with van der Waals surface area (Å²) in [5, 5.41) is 10.8. The lowest BCUT2D eigenvalue weighted by Gasteiger charge is -2.28. The lowest BCUT2D eigenvalue weighted by Crippen LogP contribution is -2.30. The van der Waals surface area contributed by atoms with Crippen molar-refractivity contribution in [2.24, 2.45) is 0 Å². The molecule has 0 aromatic carbocycles. The first-order chi connectivity index (χ1) is 10.1. The molecule has 2 heterocycles. The molecule has 1 aliphatic rings. The van der Waals surface area contributed by atoms with E-state index in [0.717, 1.165) is 24.6 Å². The molecule has 0 radical (unpaired) electrons. The standard InChI is InChI=1S/C14H17N3O3S/c1-21(20)14-15-8-9-5-6-12(19)17(13(9)16-14)10-3-2-4-11(18)7-10/h5-6,8,10-11,18H,2-4,7H2,1H3/t10-,11-,21?/m1/s1. The monoisotopic (exact) mass is 307 g/mol. The Balaban J connectivity index is 2.19. The third kappa shape index (κ3) is 2.75. The number of aromatic nitrogens is 3. The van der Waals surface area contributed by atoms with Crippen LogP contribution in [0.15, 0.2) is 28.3 Å². The third-order valence-corrected chi connectivity index (χ3v) is 4.60. The van der Waals surface area contributed by atoms with Crippen molar-refractivity contribution in [2.75, 3.05) is 6.26 Å². The molecular weight excluding hydrogens is 290 g/mol. The number of fused-ring (bicyclic) bond motifs is 1. The molecule has 1 saturated carbocycles. The van der Waals surface area contributed by atoms with E-state index in [2.05, 4.69) is 9.97 Å². The molecule has 6 nitrogen and oxygen atoms in total. The van der Waals surface area contributed by atoms with Gasteiger partial charge in [-0.2, -0.15) is 0 Å². The summed E-state index contributed by atoms with van der Waals surface area (Å²) in [6.45, 7) is 0. The molecule has 112 valence electrons. The summed E-state index contributed by atoms with van der Waals surface area (Å²) in [6, 6.07) is 3.10. The molecule has 0 amide bonds. The molecule has 2 aromatic heterocycles. The molecule has 1 fully saturated rings. The second kappa shape index (κ2) is 5.65. The molecule has 7 heteroatoms. The van der Waals surface area contributed by atoms with Gasteiger partial charge in [-0.3, -0.25) is 13.6 Å². The van der Waals surface area contributed by atoms with Crippen LogP contribution in [0.5, 0.6) is 0 Å². The van der Waals surface area contributed by atoms with Crippen LogP contribution in [-0.2, 0) is 10.8 Å². The van der Waals surface area contributed by atoms with Gasteiger partial charge in [0.15, 0.2) is 0 Å². The lowest BCUT2D eigenvalue weighted by atomic mass is 9.92. The van der Waals surface area contributed by atoms with Gasteiger partial charge in [0.05, 0.1) is 16.9 Å². The molecule has 3 rings (SSSR count). The van der Waals surface area contributed by atoms with Crippen LogP contribution in [0.4, 0.5) is 0 Å². The summed E-state index contributed by atoms with van der Waals surface area (Å²) in [5.74, 6) is 0. The van der Waals surface area contributed by atoms with Gasteiger partial charge in [0.25, 0.3) is 5.56 Å². The van der Waals surface area contributed by atoms with E-state index in [1.165, 1.54) is 12.3 Å². The van der Waals surface area contributed by atoms with E-state index < -0.39 is 10.8 Å². The Kier molecular flexibility index (Phi) is 3.86. The first-order valence-electron chi connectivity index (χ1n) is 6.96. The van der Waals surface area contributed by atoms with Crippen molar-refractivity contribution in [3.05, 3.63) is 28.7 Å². The minimum absolute atomic E-state index is 0.0713. The van der Waals surface area contributed by atoms with Crippen LogP contribution < -0.4 is 5.56 Å². The Morgan fingerprint density at radius 3 is 2.90 bits per heavy atom. The van der Waals surface area contributed by atoms with Crippen LogP contribution >= 0.6 is 0 Å². The Hall–Kier alpha value is -1.60. The summed E-state index contributed by atoms with van der Waals surface area (Å²) >= 11 is 0. The number of hydrogen-bond acceptors (Lipinski definition) is 5. The average molecular weight is 307 g/mol. The molecule has 0 bridgehead atoms. The maximum absolute atomic E-state index is 12.3. The molecule has 1 aliphatic carbocycles. The smallest absolute Gasteiger partial charge is 0.252 e. The van der Waals surface area contributed by atoms with Gasteiger partial charge in [0, 0.05) is 29.9 Å². The fourth-order valence-corrected chi connectivity index (χ4v) is 3.30. The van der Waals surface area contributed by atoms with Crippen molar-refractivity contribution in [1.82, 2.24) is 14.5 Å². The number of rotatable bonds is 2. The van der Waals surface area contributed by atoms with E-state index in [1.807, 2.05) is 0 Å². The second-order valence-electron chi connectivity index (χ2n) is 5.40. The van der Waals surface area contributed by atoms with Gasteiger partial charge in [0.1, 0.15) is 5.65 Å². The Labute approximate surface area is 124 Å². The van der Waals surface area contributed by atoms with E-state index in [1.54, 1.807) is 16.8 Å². The molecule has 2 aromatic rings. The van der Waals surface area contributed by atoms with Crippen LogP contribution in [0.3, 0.4) is 0 Å². The van der Waals surface area contributed by atoms with Crippen molar-refractivity contribution < 1.29 is 9.32 Å². The lowest BCUT2D eigenvalue weighted by molar-refractivity contribution is 0.104. The van der Waals surface area contributed by atoms with E-state index in [-0.39, 0.29) is 22.9 Å². The molecule has 1 unspecified atom stereocenters. The highest BCUT2D eigenvalue weighted by atomic mass is 32.2. The summed E-state index contributed by atoms with van der Waals surface area (Å²) < 4.78 is 13.2. The molecule has 3 atom stereocenters. The second-order valence-corrected chi connectivity index (χ2v) is 6.67. The minimum Gasteiger partial charge on any atom is -0.393 e. The first-order valence-corrected chi connectivity index (χ1v) is 8.52. The molecule has 21 heavy (non-hydrogen) atoms. The molecule has 0 spiro atoms. The first kappa shape index (κ1) is 14.3. The maximum Gasteiger partial charge on any atom is 0.252 e. The largest absolute Gasteiger partial charge is 0.393 e. The van der Waals surface area contributed by atoms with Gasteiger partial charge < -0.3 is 5.11 Å². The number of aliphatic hydroxyl groups is 1. The zero-order valence-corrected chi connectivity index (χ0v) is 12.5. The summed E-state index contributed by atoms with van der Waals surface area (Å²) in [6.07, 6.45) is 5.76. The van der Waals surface area contributed by atoms with Crippen molar-refractivity contribution in [2.45, 2.75) is 43.0 Å². The SMILES string of the molecule is CS(=O)c1ncc2ccc(=O)n([C@@H]3CCC[C@@H](O)C3)c2n1. The van der Waals surface area contributed by atoms with Crippen LogP contribution in [0.1, 0.15) is 31.7 Å². The minimum atomic E-state index is -1.30. The van der Waals surface area contributed by atoms with Crippen molar-refractivity contribution in [3.63, 3.8) is 0 Å². The van der Waals surface area contributed by atoms with E-state index in [9.17, 15) is 14.1 Å². The van der Waals surface area contributed by atoms with E-state index in [0.29, 0.717) is 12.1 Å². The number of aliphatic hydroxyl groups excluding tert-OH is 1. The van der Waals surface area contributed by atoms with Crippen LogP contribution in [0.25, 0.3) is 11.0 Å². The molecule has 0 aliphatic heterocycles. The summed E-state index contributed by atoms with van der Waals surface area (Å²) in [5.41, 5.74) is 0.356. The fraction of sp³-hybridized carbons (Fsp3) is 0.500. The number of pyridine rings is 1. The topological polar surface area (TPSA) is 85.1 Å². The Morgan fingerprint density at radius 1 is 1.38 bits per heavy atom. The summed E-state index contributed by atoms with van der Waals surface area (Å²) in [4.78, 5) is 20.6. The van der Waals surface area contributed by atoms with Crippen molar-refractivity contribution >= 4 is 21.8 Å². The Bertz CT molecular complexity index is 759. The van der Waals surface area contributed by atoms with Gasteiger partial charge in [0.2, 0.25) is 5.16 Å². The third-order valence-electron chi connectivity index (χ3n) is 3.89. The highest BCUT2D eigenvalue weighted by molar-refractivity contribution is 7.84. The van der Waals surface area contributed by atoms with E-state index >= 15 is 0 Å². The van der Waals surface area contributed by atoms with Gasteiger partial charge in [-0.05, 0) is 31.7 Å². The predicted molar refractivity (Wildman–Crippen MR) is 79.6 cm³/mol. The highest BCUT2D eigenvalue weighted by Gasteiger charge is 2.24. The van der Waals surface area contributed by atoms with Crippen LogP contribution in [0, 0.1) is 0 Å². The van der Waals surface area contributed by atoms with Crippen molar-refractivity contribution in [3.8, 4) is 0 Å². The summed E-state index contributed by atoms with van der Waals surface area (Å²) in [7, 11) is -1.30. The fourth-order valence-electron chi connectivity index (χ4n) is 2.89. The van der Waals surface area contributed by atoms with Gasteiger partial charge in [-0.25, -0.2) is 9.97 Å². The normalized spacial score (nSPS) is 24.1. The van der Waals surface area contributed by atoms with Gasteiger partial charge in [-0.1, -0.05) is 0 Å². The molecule has 0 saturated heterocycles. The van der Waals surface area contributed by atoms with Gasteiger partial charge >= 0.3 is 0 Å². The van der Waals surface area contributed by atoms with Crippen LogP contribution in [-0.4, -0.2) is 36.2 Å². The average Bonchev–Trinajstić information content (AvgIpc) is 2.46. The van der Waals surface area contributed by atoms with E-state index in [4.69, 9.17) is 0 Å². The van der Waals surface area contributed by atoms with Crippen molar-refractivity contribution in [1.29, 1.82) is 0 Å². The van der Waals surface area contributed by atoms with Crippen LogP contribution in [0.2, 0.25) is 0 Å². The molecule has 1 N–H and O–H groups in total. The zero-order valence-electron chi connectivity index (χ0n) is 11.7. The Morgan fingerprint density at radius 2 is 2.19 bits per heavy atom. The number of nitrogens with zero attached hydrogens (tertiary/aromatic N) is 3. The predicted octanol–water partition coefficient (Wildman–Crippen LogP) is 1.00. The van der Waals surface area contributed by atoms with Gasteiger partial charge in [-0.15, -0.1) is 0 Å². The zero-order chi connectivity index (χ0) is 15.0.